The number of rotatable bonds is 4. The van der Waals surface area contributed by atoms with Crippen LogP contribution >= 0.6 is 0 Å². The molecule has 0 atom stereocenters. The molecule has 1 N–H and O–H groups in total. The summed E-state index contributed by atoms with van der Waals surface area (Å²) in [5.41, 5.74) is 3.63. The van der Waals surface area contributed by atoms with Gasteiger partial charge in [0, 0.05) is 68.3 Å². The first kappa shape index (κ1) is 21.1. The third-order valence-electron chi connectivity index (χ3n) is 6.25. The fourth-order valence-corrected chi connectivity index (χ4v) is 4.18. The second kappa shape index (κ2) is 8.63. The first-order valence-electron chi connectivity index (χ1n) is 11.1. The first-order valence-corrected chi connectivity index (χ1v) is 11.1. The van der Waals surface area contributed by atoms with Crippen LogP contribution in [-0.4, -0.2) is 63.8 Å². The first-order chi connectivity index (χ1) is 16.0. The number of carbonyl (C=O) groups excluding carboxylic acids is 1. The number of nitrogens with zero attached hydrogens (tertiary/aromatic N) is 6. The van der Waals surface area contributed by atoms with E-state index in [9.17, 15) is 4.79 Å². The molecule has 4 aromatic rings. The van der Waals surface area contributed by atoms with E-state index in [-0.39, 0.29) is 5.91 Å². The smallest absolute Gasteiger partial charge is 0.257 e. The van der Waals surface area contributed by atoms with Crippen molar-refractivity contribution in [3.8, 4) is 11.1 Å². The minimum atomic E-state index is -0.189. The Labute approximate surface area is 192 Å². The molecule has 8 heteroatoms. The molecule has 3 aromatic heterocycles. The summed E-state index contributed by atoms with van der Waals surface area (Å²) in [6, 6.07) is 9.84. The molecule has 1 aliphatic heterocycles. The molecule has 1 amide bonds. The second-order valence-corrected chi connectivity index (χ2v) is 8.58. The lowest BCUT2D eigenvalue weighted by molar-refractivity contribution is 0.102. The van der Waals surface area contributed by atoms with E-state index in [0.29, 0.717) is 11.4 Å². The minimum absolute atomic E-state index is 0.189. The van der Waals surface area contributed by atoms with Gasteiger partial charge in [0.05, 0.1) is 6.20 Å². The summed E-state index contributed by atoms with van der Waals surface area (Å²) in [5.74, 6) is 1.21. The Kier molecular flexibility index (Phi) is 5.51. The average molecular weight is 442 g/mol. The Bertz CT molecular complexity index is 1320. The number of nitrogens with one attached hydrogen (secondary N) is 1. The Morgan fingerprint density at radius 3 is 2.55 bits per heavy atom. The zero-order valence-corrected chi connectivity index (χ0v) is 19.1. The molecule has 4 heterocycles. The molecule has 0 spiro atoms. The van der Waals surface area contributed by atoms with Gasteiger partial charge in [-0.05, 0) is 48.7 Å². The number of aromatic nitrogens is 4. The van der Waals surface area contributed by atoms with E-state index in [2.05, 4.69) is 55.4 Å². The molecule has 0 saturated carbocycles. The maximum Gasteiger partial charge on any atom is 0.257 e. The van der Waals surface area contributed by atoms with Crippen LogP contribution in [0.25, 0.3) is 21.9 Å². The number of benzene rings is 1. The van der Waals surface area contributed by atoms with Crippen molar-refractivity contribution in [1.29, 1.82) is 0 Å². The molecule has 1 aliphatic rings. The van der Waals surface area contributed by atoms with Crippen LogP contribution in [0, 0.1) is 6.92 Å². The van der Waals surface area contributed by atoms with Gasteiger partial charge in [0.1, 0.15) is 11.6 Å². The van der Waals surface area contributed by atoms with Crippen LogP contribution in [0.2, 0.25) is 0 Å². The van der Waals surface area contributed by atoms with Gasteiger partial charge in [-0.2, -0.15) is 5.10 Å². The molecule has 0 bridgehead atoms. The monoisotopic (exact) mass is 441 g/mol. The summed E-state index contributed by atoms with van der Waals surface area (Å²) in [6.07, 6.45) is 7.33. The van der Waals surface area contributed by atoms with E-state index in [1.807, 2.05) is 32.4 Å². The van der Waals surface area contributed by atoms with Crippen LogP contribution in [0.5, 0.6) is 0 Å². The maximum absolute atomic E-state index is 13.1. The van der Waals surface area contributed by atoms with Crippen molar-refractivity contribution in [3.63, 3.8) is 0 Å². The molecule has 0 unspecified atom stereocenters. The molecule has 1 fully saturated rings. The molecule has 0 radical (unpaired) electrons. The van der Waals surface area contributed by atoms with E-state index in [0.717, 1.165) is 59.5 Å². The SMILES string of the molecule is Cc1c(NC(=O)c2ccnc(N3CCN(C)CC3)c2)ncc2ccc(-c3cnn(C)c3)cc12. The molecular weight excluding hydrogens is 414 g/mol. The number of hydrogen-bond acceptors (Lipinski definition) is 6. The molecule has 1 aromatic carbocycles. The highest BCUT2D eigenvalue weighted by Crippen LogP contribution is 2.29. The van der Waals surface area contributed by atoms with Gasteiger partial charge in [-0.1, -0.05) is 12.1 Å². The average Bonchev–Trinajstić information content (AvgIpc) is 3.27. The van der Waals surface area contributed by atoms with E-state index in [1.54, 1.807) is 23.1 Å². The summed E-state index contributed by atoms with van der Waals surface area (Å²) >= 11 is 0. The predicted octanol–water partition coefficient (Wildman–Crippen LogP) is 3.34. The van der Waals surface area contributed by atoms with Gasteiger partial charge < -0.3 is 15.1 Å². The van der Waals surface area contributed by atoms with Gasteiger partial charge in [-0.25, -0.2) is 9.97 Å². The van der Waals surface area contributed by atoms with Crippen molar-refractivity contribution in [3.05, 3.63) is 66.2 Å². The van der Waals surface area contributed by atoms with Crippen molar-refractivity contribution < 1.29 is 4.79 Å². The predicted molar refractivity (Wildman–Crippen MR) is 131 cm³/mol. The van der Waals surface area contributed by atoms with Crippen LogP contribution in [0.3, 0.4) is 0 Å². The molecular formula is C25H27N7O. The van der Waals surface area contributed by atoms with Crippen LogP contribution in [0.1, 0.15) is 15.9 Å². The lowest BCUT2D eigenvalue weighted by atomic mass is 10.0. The largest absolute Gasteiger partial charge is 0.354 e. The lowest BCUT2D eigenvalue weighted by Crippen LogP contribution is -2.44. The molecule has 5 rings (SSSR count). The Hall–Kier alpha value is -3.78. The number of likely N-dealkylation sites (N-methyl/N-ethyl adjacent to an activating group) is 1. The molecule has 33 heavy (non-hydrogen) atoms. The second-order valence-electron chi connectivity index (χ2n) is 8.58. The molecule has 0 aliphatic carbocycles. The van der Waals surface area contributed by atoms with Gasteiger partial charge in [0.2, 0.25) is 0 Å². The number of fused-ring (bicyclic) bond motifs is 1. The third-order valence-corrected chi connectivity index (χ3v) is 6.25. The summed E-state index contributed by atoms with van der Waals surface area (Å²) < 4.78 is 1.79. The Balaban J connectivity index is 1.40. The van der Waals surface area contributed by atoms with Gasteiger partial charge in [0.15, 0.2) is 0 Å². The minimum Gasteiger partial charge on any atom is -0.354 e. The van der Waals surface area contributed by atoms with Gasteiger partial charge >= 0.3 is 0 Å². The normalized spacial score (nSPS) is 14.6. The van der Waals surface area contributed by atoms with Crippen molar-refractivity contribution in [1.82, 2.24) is 24.6 Å². The van der Waals surface area contributed by atoms with Crippen LogP contribution in [0.15, 0.2) is 55.1 Å². The highest BCUT2D eigenvalue weighted by molar-refractivity contribution is 6.05. The maximum atomic E-state index is 13.1. The van der Waals surface area contributed by atoms with Crippen LogP contribution in [-0.2, 0) is 7.05 Å². The van der Waals surface area contributed by atoms with Gasteiger partial charge in [-0.3, -0.25) is 9.48 Å². The zero-order chi connectivity index (χ0) is 22.9. The van der Waals surface area contributed by atoms with Gasteiger partial charge in [-0.15, -0.1) is 0 Å². The van der Waals surface area contributed by atoms with E-state index in [1.165, 1.54) is 0 Å². The van der Waals surface area contributed by atoms with E-state index in [4.69, 9.17) is 0 Å². The number of amides is 1. The molecule has 8 nitrogen and oxygen atoms in total. The standard InChI is InChI=1S/C25H27N7O/c1-17-22-12-18(21-15-28-31(3)16-21)4-5-20(22)14-27-24(17)29-25(33)19-6-7-26-23(13-19)32-10-8-30(2)9-11-32/h4-7,12-16H,8-11H2,1-3H3,(H,27,29,33). The number of hydrogen-bond donors (Lipinski definition) is 1. The number of piperazine rings is 1. The lowest BCUT2D eigenvalue weighted by Gasteiger charge is -2.33. The highest BCUT2D eigenvalue weighted by atomic mass is 16.1. The van der Waals surface area contributed by atoms with Crippen molar-refractivity contribution >= 4 is 28.3 Å². The molecule has 168 valence electrons. The van der Waals surface area contributed by atoms with Crippen molar-refractivity contribution in [2.24, 2.45) is 7.05 Å². The van der Waals surface area contributed by atoms with Crippen LogP contribution < -0.4 is 10.2 Å². The third kappa shape index (κ3) is 4.29. The Morgan fingerprint density at radius 2 is 1.79 bits per heavy atom. The number of pyridine rings is 2. The number of anilines is 2. The molecule has 1 saturated heterocycles. The summed E-state index contributed by atoms with van der Waals surface area (Å²) in [4.78, 5) is 26.6. The van der Waals surface area contributed by atoms with Gasteiger partial charge in [0.25, 0.3) is 5.91 Å². The van der Waals surface area contributed by atoms with Crippen molar-refractivity contribution in [2.75, 3.05) is 43.4 Å². The highest BCUT2D eigenvalue weighted by Gasteiger charge is 2.18. The quantitative estimate of drug-likeness (QED) is 0.523. The van der Waals surface area contributed by atoms with E-state index < -0.39 is 0 Å². The van der Waals surface area contributed by atoms with Crippen LogP contribution in [0.4, 0.5) is 11.6 Å². The number of aryl methyl sites for hydroxylation is 2. The summed E-state index contributed by atoms with van der Waals surface area (Å²) in [5, 5.41) is 9.34. The zero-order valence-electron chi connectivity index (χ0n) is 19.1. The fraction of sp³-hybridized carbons (Fsp3) is 0.280. The number of carbonyl (C=O) groups is 1. The van der Waals surface area contributed by atoms with Crippen molar-refractivity contribution in [2.45, 2.75) is 6.92 Å². The summed E-state index contributed by atoms with van der Waals surface area (Å²) in [6.45, 7) is 5.76. The topological polar surface area (TPSA) is 79.2 Å². The summed E-state index contributed by atoms with van der Waals surface area (Å²) in [7, 11) is 4.02. The fourth-order valence-electron chi connectivity index (χ4n) is 4.18. The Morgan fingerprint density at radius 1 is 0.970 bits per heavy atom. The van der Waals surface area contributed by atoms with E-state index >= 15 is 0 Å².